The van der Waals surface area contributed by atoms with Crippen molar-refractivity contribution < 1.29 is 13.9 Å². The Morgan fingerprint density at radius 3 is 2.92 bits per heavy atom. The number of carbonyl (C=O) groups excluding carboxylic acids is 1. The molecule has 1 atom stereocenters. The summed E-state index contributed by atoms with van der Waals surface area (Å²) in [6, 6.07) is 12.0. The highest BCUT2D eigenvalue weighted by Crippen LogP contribution is 2.17. The number of likely N-dealkylation sites (tertiary alicyclic amines) is 1. The van der Waals surface area contributed by atoms with Crippen molar-refractivity contribution in [2.45, 2.75) is 26.5 Å². The molecule has 1 aromatic carbocycles. The second-order valence-corrected chi connectivity index (χ2v) is 6.26. The largest absolute Gasteiger partial charge is 0.469 e. The third-order valence-corrected chi connectivity index (χ3v) is 4.43. The number of hydrogen-bond acceptors (Lipinski definition) is 3. The second-order valence-electron chi connectivity index (χ2n) is 6.26. The number of urea groups is 1. The summed E-state index contributed by atoms with van der Waals surface area (Å²) in [6.45, 7) is 5.27. The van der Waals surface area contributed by atoms with Crippen LogP contribution in [0.1, 0.15) is 23.3 Å². The molecule has 0 bridgehead atoms. The number of amides is 2. The molecular formula is C19H24N2O3. The van der Waals surface area contributed by atoms with Crippen molar-refractivity contribution in [1.29, 1.82) is 0 Å². The lowest BCUT2D eigenvalue weighted by atomic mass is 10.1. The van der Waals surface area contributed by atoms with Gasteiger partial charge in [0.2, 0.25) is 0 Å². The summed E-state index contributed by atoms with van der Waals surface area (Å²) in [6.07, 6.45) is 2.64. The fourth-order valence-electron chi connectivity index (χ4n) is 2.95. The van der Waals surface area contributed by atoms with Crippen molar-refractivity contribution in [1.82, 2.24) is 10.2 Å². The van der Waals surface area contributed by atoms with Crippen LogP contribution in [0.2, 0.25) is 0 Å². The second kappa shape index (κ2) is 8.02. The van der Waals surface area contributed by atoms with Gasteiger partial charge in [0.25, 0.3) is 0 Å². The fraction of sp³-hybridized carbons (Fsp3) is 0.421. The van der Waals surface area contributed by atoms with Crippen LogP contribution in [0.4, 0.5) is 4.79 Å². The molecule has 2 aromatic rings. The fourth-order valence-corrected chi connectivity index (χ4v) is 2.95. The van der Waals surface area contributed by atoms with Gasteiger partial charge in [0.1, 0.15) is 5.76 Å². The van der Waals surface area contributed by atoms with E-state index in [0.29, 0.717) is 25.7 Å². The molecule has 1 aromatic heterocycles. The molecule has 0 unspecified atom stereocenters. The number of carbonyl (C=O) groups is 1. The van der Waals surface area contributed by atoms with Crippen LogP contribution in [0, 0.1) is 12.8 Å². The van der Waals surface area contributed by atoms with Gasteiger partial charge in [-0.3, -0.25) is 0 Å². The van der Waals surface area contributed by atoms with Gasteiger partial charge in [-0.15, -0.1) is 0 Å². The molecule has 24 heavy (non-hydrogen) atoms. The van der Waals surface area contributed by atoms with Gasteiger partial charge in [-0.2, -0.15) is 0 Å². The van der Waals surface area contributed by atoms with Crippen molar-refractivity contribution in [3.05, 3.63) is 59.5 Å². The Balaban J connectivity index is 1.37. The van der Waals surface area contributed by atoms with Crippen molar-refractivity contribution in [3.8, 4) is 0 Å². The van der Waals surface area contributed by atoms with E-state index < -0.39 is 0 Å². The first kappa shape index (κ1) is 16.6. The molecular weight excluding hydrogens is 304 g/mol. The van der Waals surface area contributed by atoms with E-state index in [-0.39, 0.29) is 6.03 Å². The van der Waals surface area contributed by atoms with E-state index in [4.69, 9.17) is 9.15 Å². The van der Waals surface area contributed by atoms with Crippen LogP contribution in [0.25, 0.3) is 0 Å². The van der Waals surface area contributed by atoms with Crippen molar-refractivity contribution in [3.63, 3.8) is 0 Å². The highest BCUT2D eigenvalue weighted by molar-refractivity contribution is 5.74. The van der Waals surface area contributed by atoms with E-state index in [1.165, 1.54) is 5.56 Å². The molecule has 2 heterocycles. The van der Waals surface area contributed by atoms with Gasteiger partial charge in [-0.05, 0) is 25.0 Å². The highest BCUT2D eigenvalue weighted by atomic mass is 16.5. The van der Waals surface area contributed by atoms with E-state index >= 15 is 0 Å². The molecule has 0 aliphatic carbocycles. The van der Waals surface area contributed by atoms with Crippen molar-refractivity contribution >= 4 is 6.03 Å². The van der Waals surface area contributed by atoms with E-state index in [0.717, 1.165) is 30.8 Å². The zero-order valence-corrected chi connectivity index (χ0v) is 14.0. The van der Waals surface area contributed by atoms with Gasteiger partial charge in [-0.25, -0.2) is 4.79 Å². The molecule has 2 amide bonds. The smallest absolute Gasteiger partial charge is 0.317 e. The van der Waals surface area contributed by atoms with Crippen LogP contribution in [0.3, 0.4) is 0 Å². The van der Waals surface area contributed by atoms with Crippen LogP contribution in [-0.4, -0.2) is 30.6 Å². The summed E-state index contributed by atoms with van der Waals surface area (Å²) < 4.78 is 11.0. The highest BCUT2D eigenvalue weighted by Gasteiger charge is 2.26. The Morgan fingerprint density at radius 2 is 2.17 bits per heavy atom. The lowest BCUT2D eigenvalue weighted by molar-refractivity contribution is 0.0897. The van der Waals surface area contributed by atoms with Gasteiger partial charge in [0.15, 0.2) is 0 Å². The molecule has 5 nitrogen and oxygen atoms in total. The number of furan rings is 1. The quantitative estimate of drug-likeness (QED) is 0.885. The van der Waals surface area contributed by atoms with Crippen molar-refractivity contribution in [2.24, 2.45) is 5.92 Å². The van der Waals surface area contributed by atoms with Gasteiger partial charge >= 0.3 is 6.03 Å². The number of benzene rings is 1. The molecule has 0 radical (unpaired) electrons. The van der Waals surface area contributed by atoms with Crippen LogP contribution in [-0.2, 0) is 17.9 Å². The SMILES string of the molecule is Cc1occc1CNC(=O)N1CC[C@@H](COCc2ccccc2)C1. The minimum atomic E-state index is -0.0128. The average Bonchev–Trinajstić information content (AvgIpc) is 3.23. The van der Waals surface area contributed by atoms with Crippen LogP contribution < -0.4 is 5.32 Å². The number of nitrogens with one attached hydrogen (secondary N) is 1. The minimum absolute atomic E-state index is 0.0128. The van der Waals surface area contributed by atoms with E-state index in [1.54, 1.807) is 6.26 Å². The summed E-state index contributed by atoms with van der Waals surface area (Å²) in [5, 5.41) is 2.96. The molecule has 1 N–H and O–H groups in total. The maximum absolute atomic E-state index is 12.2. The minimum Gasteiger partial charge on any atom is -0.469 e. The zero-order chi connectivity index (χ0) is 16.8. The molecule has 5 heteroatoms. The van der Waals surface area contributed by atoms with Crippen molar-refractivity contribution in [2.75, 3.05) is 19.7 Å². The summed E-state index contributed by atoms with van der Waals surface area (Å²) >= 11 is 0. The predicted molar refractivity (Wildman–Crippen MR) is 91.5 cm³/mol. The first-order chi connectivity index (χ1) is 11.7. The summed E-state index contributed by atoms with van der Waals surface area (Å²) in [5.74, 6) is 1.26. The maximum atomic E-state index is 12.2. The first-order valence-corrected chi connectivity index (χ1v) is 8.40. The molecule has 1 aliphatic heterocycles. The number of hydrogen-bond donors (Lipinski definition) is 1. The van der Waals surface area contributed by atoms with E-state index in [9.17, 15) is 4.79 Å². The number of nitrogens with zero attached hydrogens (tertiary/aromatic N) is 1. The molecule has 1 fully saturated rings. The van der Waals surface area contributed by atoms with Crippen LogP contribution in [0.5, 0.6) is 0 Å². The molecule has 0 spiro atoms. The van der Waals surface area contributed by atoms with Gasteiger partial charge in [0, 0.05) is 31.1 Å². The third kappa shape index (κ3) is 4.38. The topological polar surface area (TPSA) is 54.7 Å². The number of aryl methyl sites for hydroxylation is 1. The van der Waals surface area contributed by atoms with Gasteiger partial charge < -0.3 is 19.4 Å². The third-order valence-electron chi connectivity index (χ3n) is 4.43. The average molecular weight is 328 g/mol. The standard InChI is InChI=1S/C19H24N2O3/c1-15-18(8-10-24-15)11-20-19(22)21-9-7-17(12-21)14-23-13-16-5-3-2-4-6-16/h2-6,8,10,17H,7,9,11-14H2,1H3,(H,20,22)/t17-/m1/s1. The Bertz CT molecular complexity index is 654. The molecule has 3 rings (SSSR count). The van der Waals surface area contributed by atoms with E-state index in [2.05, 4.69) is 17.4 Å². The Morgan fingerprint density at radius 1 is 1.33 bits per heavy atom. The Labute approximate surface area is 142 Å². The molecule has 128 valence electrons. The number of ether oxygens (including phenoxy) is 1. The lowest BCUT2D eigenvalue weighted by Crippen LogP contribution is -2.38. The van der Waals surface area contributed by atoms with Crippen LogP contribution >= 0.6 is 0 Å². The summed E-state index contributed by atoms with van der Waals surface area (Å²) in [4.78, 5) is 14.1. The summed E-state index contributed by atoms with van der Waals surface area (Å²) in [5.41, 5.74) is 2.20. The normalized spacial score (nSPS) is 17.2. The monoisotopic (exact) mass is 328 g/mol. The molecule has 1 aliphatic rings. The Hall–Kier alpha value is -2.27. The maximum Gasteiger partial charge on any atom is 0.317 e. The first-order valence-electron chi connectivity index (χ1n) is 8.40. The summed E-state index contributed by atoms with van der Waals surface area (Å²) in [7, 11) is 0. The van der Waals surface area contributed by atoms with Crippen LogP contribution in [0.15, 0.2) is 47.1 Å². The molecule has 0 saturated carbocycles. The molecule has 1 saturated heterocycles. The number of rotatable bonds is 6. The predicted octanol–water partition coefficient (Wildman–Crippen LogP) is 3.34. The van der Waals surface area contributed by atoms with Gasteiger partial charge in [0.05, 0.1) is 19.5 Å². The Kier molecular flexibility index (Phi) is 5.54. The van der Waals surface area contributed by atoms with E-state index in [1.807, 2.05) is 36.1 Å². The van der Waals surface area contributed by atoms with Gasteiger partial charge in [-0.1, -0.05) is 30.3 Å². The zero-order valence-electron chi connectivity index (χ0n) is 14.0. The lowest BCUT2D eigenvalue weighted by Gasteiger charge is -2.17.